The fourth-order valence-electron chi connectivity index (χ4n) is 4.74. The van der Waals surface area contributed by atoms with E-state index in [0.717, 1.165) is 25.7 Å². The smallest absolute Gasteiger partial charge is 0.142 e. The summed E-state index contributed by atoms with van der Waals surface area (Å²) in [5.41, 5.74) is 0.176. The second kappa shape index (κ2) is 5.03. The third-order valence-corrected chi connectivity index (χ3v) is 5.81. The molecule has 0 unspecified atom stereocenters. The van der Waals surface area contributed by atoms with Gasteiger partial charge in [-0.2, -0.15) is 0 Å². The Labute approximate surface area is 117 Å². The molecule has 2 nitrogen and oxygen atoms in total. The summed E-state index contributed by atoms with van der Waals surface area (Å²) in [6.45, 7) is 8.49. The molecule has 2 heteroatoms. The molecule has 0 saturated heterocycles. The Morgan fingerprint density at radius 3 is 2.53 bits per heavy atom. The maximum absolute atomic E-state index is 12.9. The Balaban J connectivity index is 2.15. The molecule has 2 aliphatic carbocycles. The molecule has 19 heavy (non-hydrogen) atoms. The average Bonchev–Trinajstić information content (AvgIpc) is 2.29. The average molecular weight is 264 g/mol. The zero-order valence-electron chi connectivity index (χ0n) is 12.9. The number of rotatable bonds is 3. The first kappa shape index (κ1) is 14.7. The Hall–Kier alpha value is -0.660. The molecule has 0 aromatic heterocycles. The van der Waals surface area contributed by atoms with Gasteiger partial charge in [0, 0.05) is 17.8 Å². The molecule has 0 N–H and O–H groups in total. The van der Waals surface area contributed by atoms with Crippen molar-refractivity contribution >= 4 is 11.6 Å². The van der Waals surface area contributed by atoms with Gasteiger partial charge in [-0.1, -0.05) is 27.2 Å². The van der Waals surface area contributed by atoms with Crippen LogP contribution in [0.2, 0.25) is 0 Å². The van der Waals surface area contributed by atoms with Crippen LogP contribution in [0.25, 0.3) is 0 Å². The SMILES string of the molecule is CC(=O)CC[C@@H]1CC[C@H]2C(C)(C)CCC[C@]2(C)C1=O. The number of hydrogen-bond donors (Lipinski definition) is 0. The number of carbonyl (C=O) groups is 2. The lowest BCUT2D eigenvalue weighted by Gasteiger charge is -2.54. The van der Waals surface area contributed by atoms with Crippen LogP contribution in [0.1, 0.15) is 72.6 Å². The zero-order valence-corrected chi connectivity index (χ0v) is 12.9. The van der Waals surface area contributed by atoms with Crippen LogP contribution in [0.5, 0.6) is 0 Å². The Bertz CT molecular complexity index is 383. The van der Waals surface area contributed by atoms with Crippen molar-refractivity contribution in [3.63, 3.8) is 0 Å². The number of ketones is 2. The highest BCUT2D eigenvalue weighted by Crippen LogP contribution is 2.57. The highest BCUT2D eigenvalue weighted by Gasteiger charge is 2.54. The van der Waals surface area contributed by atoms with E-state index in [2.05, 4.69) is 20.8 Å². The minimum absolute atomic E-state index is 0.124. The van der Waals surface area contributed by atoms with E-state index < -0.39 is 0 Å². The predicted molar refractivity (Wildman–Crippen MR) is 76.9 cm³/mol. The molecule has 0 aliphatic heterocycles. The first-order chi connectivity index (χ1) is 8.77. The van der Waals surface area contributed by atoms with Gasteiger partial charge in [-0.15, -0.1) is 0 Å². The van der Waals surface area contributed by atoms with E-state index in [1.807, 2.05) is 0 Å². The molecule has 0 bridgehead atoms. The summed E-state index contributed by atoms with van der Waals surface area (Å²) in [7, 11) is 0. The molecule has 2 saturated carbocycles. The second-order valence-electron chi connectivity index (χ2n) is 7.69. The summed E-state index contributed by atoms with van der Waals surface area (Å²) in [6.07, 6.45) is 6.98. The molecular formula is C17H28O2. The number of Topliss-reactive ketones (excluding diaryl/α,β-unsaturated/α-hetero) is 2. The summed E-state index contributed by atoms with van der Waals surface area (Å²) < 4.78 is 0. The predicted octanol–water partition coefficient (Wildman–Crippen LogP) is 4.17. The van der Waals surface area contributed by atoms with Crippen LogP contribution in [0, 0.1) is 22.7 Å². The maximum Gasteiger partial charge on any atom is 0.142 e. The molecule has 2 rings (SSSR count). The lowest BCUT2D eigenvalue weighted by atomic mass is 9.49. The minimum atomic E-state index is -0.124. The normalized spacial score (nSPS) is 37.8. The third-order valence-electron chi connectivity index (χ3n) is 5.81. The lowest BCUT2D eigenvalue weighted by Crippen LogP contribution is -2.52. The van der Waals surface area contributed by atoms with Crippen LogP contribution < -0.4 is 0 Å². The van der Waals surface area contributed by atoms with Crippen LogP contribution in [-0.4, -0.2) is 11.6 Å². The summed E-state index contributed by atoms with van der Waals surface area (Å²) >= 11 is 0. The first-order valence-corrected chi connectivity index (χ1v) is 7.81. The summed E-state index contributed by atoms with van der Waals surface area (Å²) in [5.74, 6) is 1.34. The van der Waals surface area contributed by atoms with Gasteiger partial charge in [0.05, 0.1) is 0 Å². The van der Waals surface area contributed by atoms with Crippen LogP contribution in [0.4, 0.5) is 0 Å². The number of carbonyl (C=O) groups excluding carboxylic acids is 2. The molecule has 0 amide bonds. The monoisotopic (exact) mass is 264 g/mol. The highest BCUT2D eigenvalue weighted by molar-refractivity contribution is 5.88. The number of hydrogen-bond acceptors (Lipinski definition) is 2. The highest BCUT2D eigenvalue weighted by atomic mass is 16.1. The molecule has 0 heterocycles. The largest absolute Gasteiger partial charge is 0.300 e. The van der Waals surface area contributed by atoms with Gasteiger partial charge in [-0.3, -0.25) is 4.79 Å². The van der Waals surface area contributed by atoms with E-state index in [-0.39, 0.29) is 17.1 Å². The van der Waals surface area contributed by atoms with Crippen molar-refractivity contribution in [3.05, 3.63) is 0 Å². The lowest BCUT2D eigenvalue weighted by molar-refractivity contribution is -0.149. The quantitative estimate of drug-likeness (QED) is 0.766. The molecule has 2 aliphatic rings. The fraction of sp³-hybridized carbons (Fsp3) is 0.882. The first-order valence-electron chi connectivity index (χ1n) is 7.81. The standard InChI is InChI=1S/C17H28O2/c1-12(18)6-7-13-8-9-14-16(2,3)10-5-11-17(14,4)15(13)19/h13-14H,5-11H2,1-4H3/t13-,14+,17+/m1/s1. The minimum Gasteiger partial charge on any atom is -0.300 e. The van der Waals surface area contributed by atoms with Gasteiger partial charge in [0.1, 0.15) is 11.6 Å². The Kier molecular flexibility index (Phi) is 3.90. The van der Waals surface area contributed by atoms with Crippen molar-refractivity contribution < 1.29 is 9.59 Å². The topological polar surface area (TPSA) is 34.1 Å². The van der Waals surface area contributed by atoms with E-state index in [0.29, 0.717) is 23.5 Å². The van der Waals surface area contributed by atoms with Crippen LogP contribution in [0.3, 0.4) is 0 Å². The summed E-state index contributed by atoms with van der Waals surface area (Å²) in [4.78, 5) is 24.0. The van der Waals surface area contributed by atoms with Crippen molar-refractivity contribution in [1.82, 2.24) is 0 Å². The summed E-state index contributed by atoms with van der Waals surface area (Å²) in [6, 6.07) is 0. The van der Waals surface area contributed by atoms with Crippen LogP contribution in [-0.2, 0) is 9.59 Å². The van der Waals surface area contributed by atoms with E-state index in [9.17, 15) is 9.59 Å². The van der Waals surface area contributed by atoms with E-state index in [4.69, 9.17) is 0 Å². The zero-order chi connectivity index (χ0) is 14.3. The van der Waals surface area contributed by atoms with Crippen molar-refractivity contribution in [1.29, 1.82) is 0 Å². The molecule has 0 aromatic carbocycles. The fourth-order valence-corrected chi connectivity index (χ4v) is 4.74. The van der Waals surface area contributed by atoms with Gasteiger partial charge in [0.15, 0.2) is 0 Å². The van der Waals surface area contributed by atoms with E-state index in [1.165, 1.54) is 12.8 Å². The van der Waals surface area contributed by atoms with Crippen molar-refractivity contribution in [2.24, 2.45) is 22.7 Å². The second-order valence-corrected chi connectivity index (χ2v) is 7.69. The van der Waals surface area contributed by atoms with Gasteiger partial charge in [0.2, 0.25) is 0 Å². The third kappa shape index (κ3) is 2.64. The van der Waals surface area contributed by atoms with Gasteiger partial charge in [-0.25, -0.2) is 0 Å². The van der Waals surface area contributed by atoms with Gasteiger partial charge in [0.25, 0.3) is 0 Å². The molecule has 0 aromatic rings. The van der Waals surface area contributed by atoms with E-state index in [1.54, 1.807) is 6.92 Å². The molecule has 3 atom stereocenters. The maximum atomic E-state index is 12.9. The molecule has 108 valence electrons. The van der Waals surface area contributed by atoms with Gasteiger partial charge in [-0.05, 0) is 50.4 Å². The molecular weight excluding hydrogens is 236 g/mol. The Morgan fingerprint density at radius 2 is 1.89 bits per heavy atom. The Morgan fingerprint density at radius 1 is 1.21 bits per heavy atom. The molecule has 0 spiro atoms. The van der Waals surface area contributed by atoms with Crippen LogP contribution in [0.15, 0.2) is 0 Å². The van der Waals surface area contributed by atoms with Gasteiger partial charge >= 0.3 is 0 Å². The van der Waals surface area contributed by atoms with E-state index >= 15 is 0 Å². The van der Waals surface area contributed by atoms with Crippen molar-refractivity contribution in [3.8, 4) is 0 Å². The van der Waals surface area contributed by atoms with Crippen molar-refractivity contribution in [2.75, 3.05) is 0 Å². The molecule has 0 radical (unpaired) electrons. The van der Waals surface area contributed by atoms with Crippen molar-refractivity contribution in [2.45, 2.75) is 72.6 Å². The molecule has 2 fully saturated rings. The van der Waals surface area contributed by atoms with Gasteiger partial charge < -0.3 is 4.79 Å². The van der Waals surface area contributed by atoms with Crippen LogP contribution >= 0.6 is 0 Å². The summed E-state index contributed by atoms with van der Waals surface area (Å²) in [5, 5.41) is 0. The number of fused-ring (bicyclic) bond motifs is 1.